The van der Waals surface area contributed by atoms with Crippen molar-refractivity contribution < 1.29 is 34.2 Å². The Morgan fingerprint density at radius 1 is 0.879 bits per heavy atom. The summed E-state index contributed by atoms with van der Waals surface area (Å²) in [5, 5.41) is 25.8. The standard InChI is InChI=1S/C21H38N4O7S/c1-6-12(4)17(21(31)32)25-20(30)16(11(2)3)24-19(29)14(9-10-33-5)23-18(28)13(22)7-8-15(26)27/h11-14,16-17H,6-10,22H2,1-5H3,(H,23,28)(H,24,29)(H,25,30)(H,26,27)(H,31,32). The minimum atomic E-state index is -1.16. The first-order valence-corrected chi connectivity index (χ1v) is 12.3. The Hall–Kier alpha value is -2.34. The smallest absolute Gasteiger partial charge is 0.326 e. The van der Waals surface area contributed by atoms with Gasteiger partial charge in [0.15, 0.2) is 0 Å². The molecule has 0 rings (SSSR count). The fraction of sp³-hybridized carbons (Fsp3) is 0.762. The Morgan fingerprint density at radius 2 is 1.45 bits per heavy atom. The van der Waals surface area contributed by atoms with Crippen molar-refractivity contribution in [3.63, 3.8) is 0 Å². The van der Waals surface area contributed by atoms with Gasteiger partial charge in [-0.05, 0) is 36.7 Å². The highest BCUT2D eigenvalue weighted by Crippen LogP contribution is 2.11. The predicted molar refractivity (Wildman–Crippen MR) is 126 cm³/mol. The number of carboxylic acid groups (broad SMARTS) is 2. The molecule has 0 fully saturated rings. The minimum absolute atomic E-state index is 0.0821. The first-order chi connectivity index (χ1) is 15.3. The molecular formula is C21H38N4O7S. The minimum Gasteiger partial charge on any atom is -0.481 e. The van der Waals surface area contributed by atoms with Gasteiger partial charge in [-0.15, -0.1) is 0 Å². The highest BCUT2D eigenvalue weighted by atomic mass is 32.2. The average molecular weight is 491 g/mol. The molecule has 5 atom stereocenters. The van der Waals surface area contributed by atoms with E-state index < -0.39 is 53.8 Å². The number of nitrogens with one attached hydrogen (secondary N) is 3. The summed E-state index contributed by atoms with van der Waals surface area (Å²) < 4.78 is 0. The third-order valence-corrected chi connectivity index (χ3v) is 5.92. The zero-order valence-corrected chi connectivity index (χ0v) is 20.7. The van der Waals surface area contributed by atoms with Gasteiger partial charge >= 0.3 is 11.9 Å². The van der Waals surface area contributed by atoms with Gasteiger partial charge in [0, 0.05) is 6.42 Å². The van der Waals surface area contributed by atoms with Crippen LogP contribution >= 0.6 is 11.8 Å². The van der Waals surface area contributed by atoms with E-state index in [-0.39, 0.29) is 31.1 Å². The topological polar surface area (TPSA) is 188 Å². The highest BCUT2D eigenvalue weighted by molar-refractivity contribution is 7.98. The molecule has 0 aliphatic heterocycles. The second-order valence-electron chi connectivity index (χ2n) is 8.32. The zero-order chi connectivity index (χ0) is 25.7. The molecule has 0 aliphatic carbocycles. The van der Waals surface area contributed by atoms with Crippen LogP contribution in [0, 0.1) is 11.8 Å². The first kappa shape index (κ1) is 30.7. The van der Waals surface area contributed by atoms with Crippen LogP contribution in [0.2, 0.25) is 0 Å². The van der Waals surface area contributed by atoms with Crippen LogP contribution in [0.4, 0.5) is 0 Å². The second-order valence-corrected chi connectivity index (χ2v) is 9.31. The van der Waals surface area contributed by atoms with Crippen molar-refractivity contribution in [2.45, 2.75) is 77.5 Å². The molecule has 0 saturated carbocycles. The summed E-state index contributed by atoms with van der Waals surface area (Å²) in [5.41, 5.74) is 5.73. The largest absolute Gasteiger partial charge is 0.481 e. The number of carbonyl (C=O) groups is 5. The first-order valence-electron chi connectivity index (χ1n) is 11.0. The summed E-state index contributed by atoms with van der Waals surface area (Å²) in [5.74, 6) is -4.26. The maximum absolute atomic E-state index is 12.9. The summed E-state index contributed by atoms with van der Waals surface area (Å²) >= 11 is 1.46. The van der Waals surface area contributed by atoms with E-state index in [2.05, 4.69) is 16.0 Å². The predicted octanol–water partition coefficient (Wildman–Crippen LogP) is 0.173. The fourth-order valence-electron chi connectivity index (χ4n) is 2.91. The van der Waals surface area contributed by atoms with E-state index in [4.69, 9.17) is 10.8 Å². The van der Waals surface area contributed by atoms with Crippen LogP contribution in [0.1, 0.15) is 53.4 Å². The number of nitrogens with two attached hydrogens (primary N) is 1. The number of aliphatic carboxylic acids is 2. The molecule has 0 radical (unpaired) electrons. The van der Waals surface area contributed by atoms with Crippen LogP contribution in [0.25, 0.3) is 0 Å². The van der Waals surface area contributed by atoms with E-state index in [0.29, 0.717) is 12.2 Å². The van der Waals surface area contributed by atoms with E-state index in [9.17, 15) is 29.1 Å². The third kappa shape index (κ3) is 11.4. The average Bonchev–Trinajstić information content (AvgIpc) is 2.75. The number of hydrogen-bond donors (Lipinski definition) is 6. The van der Waals surface area contributed by atoms with Crippen LogP contribution in [0.15, 0.2) is 0 Å². The molecule has 0 saturated heterocycles. The molecule has 12 heteroatoms. The number of amides is 3. The number of thioether (sulfide) groups is 1. The quantitative estimate of drug-likeness (QED) is 0.175. The van der Waals surface area contributed by atoms with Gasteiger partial charge in [0.1, 0.15) is 18.1 Å². The van der Waals surface area contributed by atoms with Crippen molar-refractivity contribution in [2.24, 2.45) is 17.6 Å². The number of hydrogen-bond acceptors (Lipinski definition) is 7. The maximum Gasteiger partial charge on any atom is 0.326 e. The molecule has 3 amide bonds. The summed E-state index contributed by atoms with van der Waals surface area (Å²) in [6.07, 6.45) is 2.27. The number of carbonyl (C=O) groups excluding carboxylic acids is 3. The molecule has 7 N–H and O–H groups in total. The molecule has 190 valence electrons. The van der Waals surface area contributed by atoms with Crippen molar-refractivity contribution in [3.05, 3.63) is 0 Å². The Morgan fingerprint density at radius 3 is 1.91 bits per heavy atom. The summed E-state index contributed by atoms with van der Waals surface area (Å²) in [6.45, 7) is 6.94. The monoisotopic (exact) mass is 490 g/mol. The molecule has 0 spiro atoms. The van der Waals surface area contributed by atoms with Crippen LogP contribution in [0.3, 0.4) is 0 Å². The lowest BCUT2D eigenvalue weighted by atomic mass is 9.97. The maximum atomic E-state index is 12.9. The lowest BCUT2D eigenvalue weighted by Gasteiger charge is -2.28. The van der Waals surface area contributed by atoms with Crippen LogP contribution < -0.4 is 21.7 Å². The van der Waals surface area contributed by atoms with Crippen molar-refractivity contribution in [1.82, 2.24) is 16.0 Å². The van der Waals surface area contributed by atoms with Crippen molar-refractivity contribution in [3.8, 4) is 0 Å². The Balaban J connectivity index is 5.39. The molecular weight excluding hydrogens is 452 g/mol. The molecule has 0 aromatic carbocycles. The molecule has 0 bridgehead atoms. The highest BCUT2D eigenvalue weighted by Gasteiger charge is 2.33. The molecule has 0 aliphatic rings. The normalized spacial score (nSPS) is 15.6. The third-order valence-electron chi connectivity index (χ3n) is 5.27. The molecule has 11 nitrogen and oxygen atoms in total. The lowest BCUT2D eigenvalue weighted by Crippen LogP contribution is -2.59. The van der Waals surface area contributed by atoms with Gasteiger partial charge in [0.05, 0.1) is 6.04 Å². The van der Waals surface area contributed by atoms with Gasteiger partial charge in [-0.2, -0.15) is 11.8 Å². The van der Waals surface area contributed by atoms with E-state index >= 15 is 0 Å². The van der Waals surface area contributed by atoms with E-state index in [1.807, 2.05) is 13.2 Å². The van der Waals surface area contributed by atoms with Gasteiger partial charge in [-0.1, -0.05) is 34.1 Å². The zero-order valence-electron chi connectivity index (χ0n) is 19.9. The SMILES string of the molecule is CCC(C)C(NC(=O)C(NC(=O)C(CCSC)NC(=O)C(N)CCC(=O)O)C(C)C)C(=O)O. The Bertz CT molecular complexity index is 690. The fourth-order valence-corrected chi connectivity index (χ4v) is 3.38. The van der Waals surface area contributed by atoms with Gasteiger partial charge < -0.3 is 31.9 Å². The van der Waals surface area contributed by atoms with E-state index in [0.717, 1.165) is 0 Å². The van der Waals surface area contributed by atoms with Crippen LogP contribution in [-0.2, 0) is 24.0 Å². The molecule has 5 unspecified atom stereocenters. The van der Waals surface area contributed by atoms with Crippen LogP contribution in [0.5, 0.6) is 0 Å². The lowest BCUT2D eigenvalue weighted by molar-refractivity contribution is -0.144. The van der Waals surface area contributed by atoms with Crippen molar-refractivity contribution >= 4 is 41.4 Å². The molecule has 0 aromatic heterocycles. The number of carboxylic acids is 2. The second kappa shape index (κ2) is 15.5. The summed E-state index contributed by atoms with van der Waals surface area (Å²) in [4.78, 5) is 60.4. The number of rotatable bonds is 16. The Labute approximate surface area is 199 Å². The van der Waals surface area contributed by atoms with Crippen molar-refractivity contribution in [1.29, 1.82) is 0 Å². The molecule has 33 heavy (non-hydrogen) atoms. The summed E-state index contributed by atoms with van der Waals surface area (Å²) in [7, 11) is 0. The van der Waals surface area contributed by atoms with Gasteiger partial charge in [0.2, 0.25) is 17.7 Å². The van der Waals surface area contributed by atoms with E-state index in [1.54, 1.807) is 20.8 Å². The van der Waals surface area contributed by atoms with Crippen LogP contribution in [-0.4, -0.2) is 76.0 Å². The van der Waals surface area contributed by atoms with E-state index in [1.165, 1.54) is 11.8 Å². The molecule has 0 aromatic rings. The Kier molecular flexibility index (Phi) is 14.4. The van der Waals surface area contributed by atoms with Gasteiger partial charge in [-0.3, -0.25) is 19.2 Å². The molecule has 0 heterocycles. The van der Waals surface area contributed by atoms with Crippen molar-refractivity contribution in [2.75, 3.05) is 12.0 Å². The van der Waals surface area contributed by atoms with Gasteiger partial charge in [0.25, 0.3) is 0 Å². The van der Waals surface area contributed by atoms with Gasteiger partial charge in [-0.25, -0.2) is 4.79 Å². The summed E-state index contributed by atoms with van der Waals surface area (Å²) in [6, 6.07) is -4.20.